The zero-order valence-electron chi connectivity index (χ0n) is 23.9. The van der Waals surface area contributed by atoms with Crippen molar-refractivity contribution in [2.45, 2.75) is 76.9 Å². The van der Waals surface area contributed by atoms with E-state index in [1.54, 1.807) is 19.5 Å². The quantitative estimate of drug-likeness (QED) is 0.382. The highest BCUT2D eigenvalue weighted by Gasteiger charge is 2.42. The van der Waals surface area contributed by atoms with Gasteiger partial charge in [0.1, 0.15) is 12.4 Å². The highest BCUT2D eigenvalue weighted by atomic mass is 32.1. The van der Waals surface area contributed by atoms with E-state index in [2.05, 4.69) is 39.0 Å². The van der Waals surface area contributed by atoms with Gasteiger partial charge >= 0.3 is 0 Å². The van der Waals surface area contributed by atoms with Gasteiger partial charge in [0.25, 0.3) is 0 Å². The molecule has 2 saturated carbocycles. The summed E-state index contributed by atoms with van der Waals surface area (Å²) in [5.74, 6) is 1.81. The van der Waals surface area contributed by atoms with Gasteiger partial charge in [-0.1, -0.05) is 25.2 Å². The zero-order valence-corrected chi connectivity index (χ0v) is 24.7. The maximum atomic E-state index is 13.1. The number of methoxy groups -OCH3 is 1. The molecule has 41 heavy (non-hydrogen) atoms. The van der Waals surface area contributed by atoms with E-state index in [4.69, 9.17) is 14.2 Å². The summed E-state index contributed by atoms with van der Waals surface area (Å²) in [7, 11) is 1.64. The number of aromatic nitrogens is 3. The van der Waals surface area contributed by atoms with Crippen LogP contribution in [0, 0.1) is 11.8 Å². The minimum Gasteiger partial charge on any atom is -0.495 e. The van der Waals surface area contributed by atoms with E-state index >= 15 is 0 Å². The number of ether oxygens (including phenoxy) is 3. The molecule has 2 N–H and O–H groups in total. The van der Waals surface area contributed by atoms with Crippen molar-refractivity contribution in [2.24, 2.45) is 11.8 Å². The molecule has 0 radical (unpaired) electrons. The van der Waals surface area contributed by atoms with Crippen LogP contribution in [0.5, 0.6) is 5.75 Å². The van der Waals surface area contributed by atoms with Gasteiger partial charge in [0, 0.05) is 48.1 Å². The topological polar surface area (TPSA) is 119 Å². The molecule has 1 saturated heterocycles. The van der Waals surface area contributed by atoms with Gasteiger partial charge in [0.15, 0.2) is 11.0 Å². The summed E-state index contributed by atoms with van der Waals surface area (Å²) in [5.41, 5.74) is 2.44. The SMILES string of the molecule is COc1c(-c2cnc(CO[C@H]3CCC[C@@H]3O)nc2)ccc2nc(NC(=O)C3CC(N4CCOC[C@@H]4C(C)C)C3)sc12. The Morgan fingerprint density at radius 1 is 1.24 bits per heavy atom. The molecular weight excluding hydrogens is 542 g/mol. The van der Waals surface area contributed by atoms with Gasteiger partial charge in [-0.05, 0) is 50.2 Å². The predicted molar refractivity (Wildman–Crippen MR) is 157 cm³/mol. The highest BCUT2D eigenvalue weighted by Crippen LogP contribution is 2.41. The summed E-state index contributed by atoms with van der Waals surface area (Å²) in [5, 5.41) is 13.6. The van der Waals surface area contributed by atoms with Gasteiger partial charge in [0.05, 0.1) is 42.7 Å². The summed E-state index contributed by atoms with van der Waals surface area (Å²) in [4.78, 5) is 29.3. The number of nitrogens with zero attached hydrogens (tertiary/aromatic N) is 4. The molecule has 1 aliphatic heterocycles. The van der Waals surface area contributed by atoms with Crippen LogP contribution in [0.3, 0.4) is 0 Å². The second-order valence-electron chi connectivity index (χ2n) is 11.7. The van der Waals surface area contributed by atoms with Crippen LogP contribution in [0.15, 0.2) is 24.5 Å². The number of carbonyl (C=O) groups excluding carboxylic acids is 1. The van der Waals surface area contributed by atoms with Gasteiger partial charge in [-0.15, -0.1) is 0 Å². The first kappa shape index (κ1) is 28.4. The Bertz CT molecular complexity index is 1360. The fourth-order valence-corrected chi connectivity index (χ4v) is 7.24. The molecule has 0 unspecified atom stereocenters. The number of rotatable bonds is 9. The van der Waals surface area contributed by atoms with E-state index in [0.29, 0.717) is 34.7 Å². The molecule has 6 rings (SSSR count). The molecule has 3 fully saturated rings. The Morgan fingerprint density at radius 3 is 2.76 bits per heavy atom. The Labute approximate surface area is 244 Å². The van der Waals surface area contributed by atoms with Crippen LogP contribution < -0.4 is 10.1 Å². The van der Waals surface area contributed by atoms with E-state index in [0.717, 1.165) is 73.2 Å². The number of benzene rings is 1. The molecule has 3 heterocycles. The van der Waals surface area contributed by atoms with Crippen LogP contribution in [0.4, 0.5) is 5.13 Å². The summed E-state index contributed by atoms with van der Waals surface area (Å²) < 4.78 is 18.2. The standard InChI is InChI=1S/C30H39N5O5S/c1-17(2)23-15-39-10-9-35(23)20-11-18(12-20)29(37)34-30-33-22-8-7-21(27(38-3)28(22)41-30)19-13-31-26(32-14-19)16-40-25-6-4-5-24(25)36/h7-8,13-14,17-18,20,23-25,36H,4-6,9-12,15-16H2,1-3H3,(H,33,34,37)/t18?,20?,23-,24+,25+/m1/s1. The van der Waals surface area contributed by atoms with Crippen molar-refractivity contribution < 1.29 is 24.1 Å². The van der Waals surface area contributed by atoms with Gasteiger partial charge in [-0.25, -0.2) is 15.0 Å². The Morgan fingerprint density at radius 2 is 2.05 bits per heavy atom. The molecular formula is C30H39N5O5S. The second-order valence-corrected chi connectivity index (χ2v) is 12.7. The number of morpholine rings is 1. The molecule has 1 amide bonds. The minimum absolute atomic E-state index is 0.00305. The molecule has 0 bridgehead atoms. The number of aliphatic hydroxyl groups is 1. The molecule has 11 heteroatoms. The van der Waals surface area contributed by atoms with Crippen molar-refractivity contribution in [3.05, 3.63) is 30.4 Å². The molecule has 220 valence electrons. The lowest BCUT2D eigenvalue weighted by molar-refractivity contribution is -0.127. The molecule has 3 atom stereocenters. The van der Waals surface area contributed by atoms with Crippen LogP contribution in [0.25, 0.3) is 21.3 Å². The van der Waals surface area contributed by atoms with E-state index in [9.17, 15) is 9.90 Å². The third-order valence-corrected chi connectivity index (χ3v) is 9.72. The average Bonchev–Trinajstić information content (AvgIpc) is 3.56. The molecule has 3 aromatic rings. The number of amides is 1. The van der Waals surface area contributed by atoms with E-state index in [-0.39, 0.29) is 24.5 Å². The van der Waals surface area contributed by atoms with Crippen LogP contribution in [-0.4, -0.2) is 82.0 Å². The molecule has 1 aromatic carbocycles. The van der Waals surface area contributed by atoms with E-state index in [1.807, 2.05) is 12.1 Å². The van der Waals surface area contributed by atoms with E-state index in [1.165, 1.54) is 11.3 Å². The second kappa shape index (κ2) is 12.3. The maximum Gasteiger partial charge on any atom is 0.229 e. The molecule has 2 aromatic heterocycles. The van der Waals surface area contributed by atoms with Crippen molar-refractivity contribution in [3.8, 4) is 16.9 Å². The van der Waals surface area contributed by atoms with Gasteiger partial charge in [-0.2, -0.15) is 0 Å². The summed E-state index contributed by atoms with van der Waals surface area (Å²) in [6, 6.07) is 4.74. The van der Waals surface area contributed by atoms with Crippen molar-refractivity contribution in [2.75, 3.05) is 32.2 Å². The number of hydrogen-bond acceptors (Lipinski definition) is 10. The first-order valence-corrected chi connectivity index (χ1v) is 15.5. The van der Waals surface area contributed by atoms with Crippen LogP contribution in [0.2, 0.25) is 0 Å². The lowest BCUT2D eigenvalue weighted by Crippen LogP contribution is -2.58. The summed E-state index contributed by atoms with van der Waals surface area (Å²) in [6.45, 7) is 7.23. The molecule has 3 aliphatic rings. The molecule has 10 nitrogen and oxygen atoms in total. The van der Waals surface area contributed by atoms with Crippen molar-refractivity contribution in [3.63, 3.8) is 0 Å². The van der Waals surface area contributed by atoms with Crippen LogP contribution >= 0.6 is 11.3 Å². The number of nitrogens with one attached hydrogen (secondary N) is 1. The third-order valence-electron chi connectivity index (χ3n) is 8.74. The fourth-order valence-electron chi connectivity index (χ4n) is 6.25. The summed E-state index contributed by atoms with van der Waals surface area (Å²) >= 11 is 1.42. The number of hydrogen-bond donors (Lipinski definition) is 2. The first-order chi connectivity index (χ1) is 19.9. The Kier molecular flexibility index (Phi) is 8.50. The normalized spacial score (nSPS) is 26.8. The summed E-state index contributed by atoms with van der Waals surface area (Å²) in [6.07, 6.45) is 7.33. The number of anilines is 1. The van der Waals surface area contributed by atoms with Crippen LogP contribution in [0.1, 0.15) is 51.8 Å². The average molecular weight is 582 g/mol. The number of aliphatic hydroxyl groups excluding tert-OH is 1. The fraction of sp³-hybridized carbons (Fsp3) is 0.600. The Hall–Kier alpha value is -2.70. The minimum atomic E-state index is -0.405. The Balaban J connectivity index is 1.10. The number of fused-ring (bicyclic) bond motifs is 1. The van der Waals surface area contributed by atoms with Gasteiger partial charge < -0.3 is 24.6 Å². The smallest absolute Gasteiger partial charge is 0.229 e. The van der Waals surface area contributed by atoms with E-state index < -0.39 is 6.10 Å². The van der Waals surface area contributed by atoms with Gasteiger partial charge in [-0.3, -0.25) is 9.69 Å². The number of thiazole rings is 1. The lowest BCUT2D eigenvalue weighted by Gasteiger charge is -2.48. The molecule has 2 aliphatic carbocycles. The maximum absolute atomic E-state index is 13.1. The van der Waals surface area contributed by atoms with Crippen molar-refractivity contribution >= 4 is 32.6 Å². The largest absolute Gasteiger partial charge is 0.495 e. The van der Waals surface area contributed by atoms with Crippen molar-refractivity contribution in [1.82, 2.24) is 19.9 Å². The van der Waals surface area contributed by atoms with Gasteiger partial charge in [0.2, 0.25) is 5.91 Å². The monoisotopic (exact) mass is 581 g/mol. The van der Waals surface area contributed by atoms with Crippen LogP contribution in [-0.2, 0) is 20.9 Å². The zero-order chi connectivity index (χ0) is 28.5. The number of carbonyl (C=O) groups is 1. The predicted octanol–water partition coefficient (Wildman–Crippen LogP) is 4.27. The molecule has 0 spiro atoms. The highest BCUT2D eigenvalue weighted by molar-refractivity contribution is 7.22. The first-order valence-electron chi connectivity index (χ1n) is 14.6. The third kappa shape index (κ3) is 5.96. The van der Waals surface area contributed by atoms with Crippen molar-refractivity contribution in [1.29, 1.82) is 0 Å². The lowest BCUT2D eigenvalue weighted by atomic mass is 9.77.